The molecule has 0 unspecified atom stereocenters. The van der Waals surface area contributed by atoms with Crippen LogP contribution in [0.2, 0.25) is 0 Å². The average molecular weight is 333 g/mol. The van der Waals surface area contributed by atoms with Crippen LogP contribution in [0.1, 0.15) is 37.5 Å². The lowest BCUT2D eigenvalue weighted by molar-refractivity contribution is -0.117. The quantitative estimate of drug-likeness (QED) is 0.897. The van der Waals surface area contributed by atoms with Crippen LogP contribution >= 0.6 is 11.3 Å². The number of aromatic amines is 1. The number of hydrogen-bond donors (Lipinski definition) is 2. The van der Waals surface area contributed by atoms with E-state index in [1.165, 1.54) is 0 Å². The van der Waals surface area contributed by atoms with Gasteiger partial charge in [-0.25, -0.2) is 4.98 Å². The van der Waals surface area contributed by atoms with E-state index in [2.05, 4.69) is 25.4 Å². The molecule has 1 amide bonds. The summed E-state index contributed by atoms with van der Waals surface area (Å²) >= 11 is 1.57. The van der Waals surface area contributed by atoms with Gasteiger partial charge in [0.15, 0.2) is 10.9 Å². The number of H-pyrrole nitrogens is 1. The Morgan fingerprint density at radius 3 is 3.17 bits per heavy atom. The molecule has 2 aromatic rings. The van der Waals surface area contributed by atoms with E-state index >= 15 is 0 Å². The van der Waals surface area contributed by atoms with Crippen LogP contribution in [0.4, 0.5) is 10.9 Å². The summed E-state index contributed by atoms with van der Waals surface area (Å²) < 4.78 is 5.62. The first-order chi connectivity index (χ1) is 11.3. The molecule has 0 aromatic carbocycles. The Hall–Kier alpha value is -1.93. The lowest BCUT2D eigenvalue weighted by Crippen LogP contribution is -2.39. The van der Waals surface area contributed by atoms with Gasteiger partial charge in [-0.3, -0.25) is 9.89 Å². The molecule has 2 aliphatic heterocycles. The van der Waals surface area contributed by atoms with Crippen LogP contribution in [0.3, 0.4) is 0 Å². The second-order valence-corrected chi connectivity index (χ2v) is 6.74. The van der Waals surface area contributed by atoms with Crippen molar-refractivity contribution in [3.8, 4) is 0 Å². The number of carbonyl (C=O) groups excluding carboxylic acids is 1. The molecule has 2 saturated heterocycles. The van der Waals surface area contributed by atoms with Crippen LogP contribution in [0.15, 0.2) is 17.6 Å². The molecule has 0 aliphatic carbocycles. The van der Waals surface area contributed by atoms with Crippen molar-refractivity contribution in [3.05, 3.63) is 23.3 Å². The van der Waals surface area contributed by atoms with Crippen molar-refractivity contribution in [1.82, 2.24) is 15.2 Å². The summed E-state index contributed by atoms with van der Waals surface area (Å²) in [6, 6.07) is 1.69. The van der Waals surface area contributed by atoms with Crippen molar-refractivity contribution in [2.24, 2.45) is 0 Å². The molecule has 0 radical (unpaired) electrons. The largest absolute Gasteiger partial charge is 0.372 e. The van der Waals surface area contributed by atoms with Gasteiger partial charge in [-0.2, -0.15) is 5.10 Å². The molecule has 4 heterocycles. The van der Waals surface area contributed by atoms with Gasteiger partial charge < -0.3 is 15.0 Å². The fourth-order valence-corrected chi connectivity index (χ4v) is 3.94. The highest BCUT2D eigenvalue weighted by molar-refractivity contribution is 7.13. The number of nitrogens with zero attached hydrogens (tertiary/aromatic N) is 3. The van der Waals surface area contributed by atoms with Crippen molar-refractivity contribution in [2.45, 2.75) is 37.8 Å². The van der Waals surface area contributed by atoms with Gasteiger partial charge in [0.05, 0.1) is 11.8 Å². The Kier molecular flexibility index (Phi) is 4.00. The Morgan fingerprint density at radius 1 is 1.43 bits per heavy atom. The van der Waals surface area contributed by atoms with E-state index in [1.807, 2.05) is 11.4 Å². The van der Waals surface area contributed by atoms with E-state index in [0.717, 1.165) is 49.7 Å². The molecule has 4 rings (SSSR count). The molecule has 2 N–H and O–H groups in total. The van der Waals surface area contributed by atoms with Crippen LogP contribution in [-0.2, 0) is 9.53 Å². The van der Waals surface area contributed by atoms with E-state index in [9.17, 15) is 4.79 Å². The molecule has 2 aromatic heterocycles. The zero-order chi connectivity index (χ0) is 15.6. The minimum Gasteiger partial charge on any atom is -0.372 e. The van der Waals surface area contributed by atoms with Gasteiger partial charge in [0, 0.05) is 30.8 Å². The summed E-state index contributed by atoms with van der Waals surface area (Å²) in [7, 11) is 0. The van der Waals surface area contributed by atoms with Crippen molar-refractivity contribution in [3.63, 3.8) is 0 Å². The van der Waals surface area contributed by atoms with Gasteiger partial charge in [-0.05, 0) is 25.7 Å². The molecule has 2 atom stereocenters. The van der Waals surface area contributed by atoms with Gasteiger partial charge in [0.25, 0.3) is 0 Å². The maximum Gasteiger partial charge on any atom is 0.248 e. The number of anilines is 2. The van der Waals surface area contributed by atoms with Gasteiger partial charge in [-0.15, -0.1) is 11.3 Å². The number of rotatable bonds is 4. The fourth-order valence-electron chi connectivity index (χ4n) is 3.22. The molecule has 7 nitrogen and oxygen atoms in total. The second-order valence-electron chi connectivity index (χ2n) is 5.87. The van der Waals surface area contributed by atoms with Crippen LogP contribution in [-0.4, -0.2) is 40.3 Å². The first-order valence-corrected chi connectivity index (χ1v) is 8.83. The molecular weight excluding hydrogens is 314 g/mol. The summed E-state index contributed by atoms with van der Waals surface area (Å²) in [4.78, 5) is 19.0. The lowest BCUT2D eigenvalue weighted by Gasteiger charge is -2.22. The zero-order valence-corrected chi connectivity index (χ0v) is 13.5. The van der Waals surface area contributed by atoms with Crippen molar-refractivity contribution < 1.29 is 9.53 Å². The van der Waals surface area contributed by atoms with Crippen LogP contribution in [0.25, 0.3) is 0 Å². The first-order valence-electron chi connectivity index (χ1n) is 7.95. The standard InChI is InChI=1S/C15H19N5O2S/c21-14(11-3-1-6-20(11)15-16-5-8-23-15)17-13-9-10(18-19-13)12-4-2-7-22-12/h5,8-9,11-12H,1-4,6-7H2,(H2,17,18,19,21)/t11-,12+/m0/s1. The summed E-state index contributed by atoms with van der Waals surface area (Å²) in [5, 5.41) is 12.9. The van der Waals surface area contributed by atoms with Crippen molar-refractivity contribution in [1.29, 1.82) is 0 Å². The summed E-state index contributed by atoms with van der Waals surface area (Å²) in [6.07, 6.45) is 5.75. The molecule has 23 heavy (non-hydrogen) atoms. The topological polar surface area (TPSA) is 83.1 Å². The summed E-state index contributed by atoms with van der Waals surface area (Å²) in [6.45, 7) is 1.66. The van der Waals surface area contributed by atoms with E-state index in [4.69, 9.17) is 4.74 Å². The minimum absolute atomic E-state index is 0.0249. The Morgan fingerprint density at radius 2 is 2.39 bits per heavy atom. The van der Waals surface area contributed by atoms with Crippen LogP contribution in [0, 0.1) is 0 Å². The predicted octanol–water partition coefficient (Wildman–Crippen LogP) is 2.33. The average Bonchev–Trinajstić information content (AvgIpc) is 3.30. The number of thiazole rings is 1. The summed E-state index contributed by atoms with van der Waals surface area (Å²) in [5.41, 5.74) is 0.931. The molecule has 2 fully saturated rings. The predicted molar refractivity (Wildman–Crippen MR) is 87.6 cm³/mol. The number of nitrogens with one attached hydrogen (secondary N) is 2. The molecule has 0 bridgehead atoms. The van der Waals surface area contributed by atoms with Gasteiger partial charge in [-0.1, -0.05) is 0 Å². The minimum atomic E-state index is -0.177. The maximum absolute atomic E-state index is 12.6. The van der Waals surface area contributed by atoms with Crippen molar-refractivity contribution >= 4 is 28.2 Å². The number of ether oxygens (including phenoxy) is 1. The molecule has 122 valence electrons. The third-order valence-corrected chi connectivity index (χ3v) is 5.15. The fraction of sp³-hybridized carbons (Fsp3) is 0.533. The van der Waals surface area contributed by atoms with Crippen LogP contribution < -0.4 is 10.2 Å². The van der Waals surface area contributed by atoms with Gasteiger partial charge in [0.2, 0.25) is 5.91 Å². The van der Waals surface area contributed by atoms with E-state index < -0.39 is 0 Å². The Bertz CT molecular complexity index is 665. The smallest absolute Gasteiger partial charge is 0.248 e. The third kappa shape index (κ3) is 2.96. The monoisotopic (exact) mass is 333 g/mol. The summed E-state index contributed by atoms with van der Waals surface area (Å²) in [5.74, 6) is 0.537. The molecule has 2 aliphatic rings. The molecular formula is C15H19N5O2S. The van der Waals surface area contributed by atoms with Crippen molar-refractivity contribution in [2.75, 3.05) is 23.4 Å². The van der Waals surface area contributed by atoms with E-state index in [0.29, 0.717) is 5.82 Å². The molecule has 0 saturated carbocycles. The number of amides is 1. The highest BCUT2D eigenvalue weighted by Crippen LogP contribution is 2.30. The Labute approximate surface area is 138 Å². The number of aromatic nitrogens is 3. The maximum atomic E-state index is 12.6. The second kappa shape index (κ2) is 6.29. The first kappa shape index (κ1) is 14.6. The SMILES string of the molecule is O=C(Nc1cc([C@H]2CCCO2)[nH]n1)[C@@H]1CCCN1c1nccs1. The van der Waals surface area contributed by atoms with Crippen LogP contribution in [0.5, 0.6) is 0 Å². The molecule has 8 heteroatoms. The lowest BCUT2D eigenvalue weighted by atomic mass is 10.2. The Balaban J connectivity index is 1.43. The van der Waals surface area contributed by atoms with Gasteiger partial charge in [0.1, 0.15) is 6.04 Å². The number of carbonyl (C=O) groups is 1. The zero-order valence-electron chi connectivity index (χ0n) is 12.7. The van der Waals surface area contributed by atoms with E-state index in [1.54, 1.807) is 17.5 Å². The third-order valence-electron chi connectivity index (χ3n) is 4.35. The highest BCUT2D eigenvalue weighted by Gasteiger charge is 2.32. The van der Waals surface area contributed by atoms with E-state index in [-0.39, 0.29) is 18.1 Å². The highest BCUT2D eigenvalue weighted by atomic mass is 32.1. The normalized spacial score (nSPS) is 24.3. The van der Waals surface area contributed by atoms with Gasteiger partial charge >= 0.3 is 0 Å². The number of hydrogen-bond acceptors (Lipinski definition) is 6. The molecule has 0 spiro atoms.